The molecule has 0 radical (unpaired) electrons. The molecule has 3 rings (SSSR count). The lowest BCUT2D eigenvalue weighted by molar-refractivity contribution is 0.0697. The summed E-state index contributed by atoms with van der Waals surface area (Å²) >= 11 is 2.13. The van der Waals surface area contributed by atoms with Gasteiger partial charge in [-0.2, -0.15) is 5.26 Å². The first-order valence-corrected chi connectivity index (χ1v) is 10.8. The summed E-state index contributed by atoms with van der Waals surface area (Å²) in [7, 11) is 0. The van der Waals surface area contributed by atoms with Crippen molar-refractivity contribution in [2.45, 2.75) is 13.5 Å². The Bertz CT molecular complexity index is 1200. The van der Waals surface area contributed by atoms with Crippen LogP contribution in [0.2, 0.25) is 0 Å². The minimum atomic E-state index is -0.982. The molecule has 0 aliphatic carbocycles. The summed E-state index contributed by atoms with van der Waals surface area (Å²) in [5, 5.41) is 18.6. The predicted octanol–water partition coefficient (Wildman–Crippen LogP) is 6.17. The molecule has 1 N–H and O–H groups in total. The Morgan fingerprint density at radius 1 is 1.12 bits per heavy atom. The highest BCUT2D eigenvalue weighted by Crippen LogP contribution is 2.36. The first kappa shape index (κ1) is 23.3. The molecule has 0 saturated heterocycles. The molecule has 0 amide bonds. The summed E-state index contributed by atoms with van der Waals surface area (Å²) in [6.45, 7) is 2.51. The second-order valence-electron chi connectivity index (χ2n) is 6.73. The number of carboxylic acids is 1. The summed E-state index contributed by atoms with van der Waals surface area (Å²) < 4.78 is 26.1. The molecule has 0 fully saturated rings. The average molecular weight is 543 g/mol. The number of allylic oxidation sites excluding steroid dienone is 1. The number of nitrogens with zero attached hydrogens (tertiary/aromatic N) is 1. The van der Waals surface area contributed by atoms with Crippen LogP contribution in [0.1, 0.15) is 34.0 Å². The minimum absolute atomic E-state index is 0.209. The smallest absolute Gasteiger partial charge is 0.335 e. The third-order valence-electron chi connectivity index (χ3n) is 4.48. The second-order valence-corrected chi connectivity index (χ2v) is 7.90. The summed E-state index contributed by atoms with van der Waals surface area (Å²) in [4.78, 5) is 11.0. The fourth-order valence-electron chi connectivity index (χ4n) is 2.98. The van der Waals surface area contributed by atoms with Gasteiger partial charge in [-0.25, -0.2) is 9.18 Å². The van der Waals surface area contributed by atoms with E-state index in [0.717, 1.165) is 14.7 Å². The van der Waals surface area contributed by atoms with E-state index in [9.17, 15) is 14.4 Å². The fourth-order valence-corrected chi connectivity index (χ4v) is 3.76. The number of benzene rings is 3. The predicted molar refractivity (Wildman–Crippen MR) is 128 cm³/mol. The Morgan fingerprint density at radius 3 is 2.50 bits per heavy atom. The van der Waals surface area contributed by atoms with E-state index in [2.05, 4.69) is 28.7 Å². The Kier molecular flexibility index (Phi) is 7.84. The standard InChI is InChI=1S/C25H19FINO4/c1-2-31-23-12-17(10-20(14-28)19-4-3-5-21(26)13-19)11-22(27)24(23)32-15-16-6-8-18(9-7-16)25(29)30/h3-13H,2,15H2,1H3,(H,29,30)/b20-10-. The molecule has 0 aromatic heterocycles. The van der Waals surface area contributed by atoms with Crippen LogP contribution < -0.4 is 9.47 Å². The quantitative estimate of drug-likeness (QED) is 0.209. The minimum Gasteiger partial charge on any atom is -0.490 e. The zero-order valence-electron chi connectivity index (χ0n) is 17.1. The highest BCUT2D eigenvalue weighted by molar-refractivity contribution is 14.1. The molecular weight excluding hydrogens is 524 g/mol. The van der Waals surface area contributed by atoms with Crippen molar-refractivity contribution in [2.24, 2.45) is 0 Å². The second kappa shape index (κ2) is 10.8. The van der Waals surface area contributed by atoms with Gasteiger partial charge in [0.2, 0.25) is 0 Å². The Labute approximate surface area is 198 Å². The number of carbonyl (C=O) groups is 1. The third kappa shape index (κ3) is 5.86. The van der Waals surface area contributed by atoms with Crippen molar-refractivity contribution in [1.29, 1.82) is 5.26 Å². The topological polar surface area (TPSA) is 79.5 Å². The maximum Gasteiger partial charge on any atom is 0.335 e. The number of hydrogen-bond donors (Lipinski definition) is 1. The number of carboxylic acid groups (broad SMARTS) is 1. The van der Waals surface area contributed by atoms with Crippen LogP contribution in [-0.4, -0.2) is 17.7 Å². The number of halogens is 2. The lowest BCUT2D eigenvalue weighted by Crippen LogP contribution is -2.03. The zero-order valence-corrected chi connectivity index (χ0v) is 19.3. The zero-order chi connectivity index (χ0) is 23.1. The molecule has 0 unspecified atom stereocenters. The summed E-state index contributed by atoms with van der Waals surface area (Å²) in [5.74, 6) is -0.321. The Hall–Kier alpha value is -3.38. The van der Waals surface area contributed by atoms with E-state index >= 15 is 0 Å². The van der Waals surface area contributed by atoms with Gasteiger partial charge in [0.25, 0.3) is 0 Å². The number of hydrogen-bond acceptors (Lipinski definition) is 4. The molecule has 3 aromatic carbocycles. The average Bonchev–Trinajstić information content (AvgIpc) is 2.77. The molecule has 162 valence electrons. The molecule has 0 atom stereocenters. The van der Waals surface area contributed by atoms with E-state index in [1.807, 2.05) is 13.0 Å². The summed E-state index contributed by atoms with van der Waals surface area (Å²) in [5.41, 5.74) is 2.56. The van der Waals surface area contributed by atoms with Gasteiger partial charge in [-0.1, -0.05) is 24.3 Å². The molecule has 32 heavy (non-hydrogen) atoms. The fraction of sp³-hybridized carbons (Fsp3) is 0.120. The van der Waals surface area contributed by atoms with Gasteiger partial charge in [-0.15, -0.1) is 0 Å². The van der Waals surface area contributed by atoms with Crippen LogP contribution in [0, 0.1) is 20.7 Å². The molecule has 0 saturated carbocycles. The van der Waals surface area contributed by atoms with Crippen LogP contribution in [0.25, 0.3) is 11.6 Å². The van der Waals surface area contributed by atoms with Crippen molar-refractivity contribution >= 4 is 40.2 Å². The van der Waals surface area contributed by atoms with E-state index in [4.69, 9.17) is 14.6 Å². The van der Waals surface area contributed by atoms with Crippen molar-refractivity contribution in [2.75, 3.05) is 6.61 Å². The van der Waals surface area contributed by atoms with Gasteiger partial charge in [0.15, 0.2) is 11.5 Å². The third-order valence-corrected chi connectivity index (χ3v) is 5.28. The van der Waals surface area contributed by atoms with Crippen molar-refractivity contribution in [3.05, 3.63) is 92.3 Å². The van der Waals surface area contributed by atoms with E-state index in [0.29, 0.717) is 29.2 Å². The van der Waals surface area contributed by atoms with Gasteiger partial charge < -0.3 is 14.6 Å². The van der Waals surface area contributed by atoms with Crippen molar-refractivity contribution in [3.8, 4) is 17.6 Å². The van der Waals surface area contributed by atoms with Crippen molar-refractivity contribution in [3.63, 3.8) is 0 Å². The molecule has 3 aromatic rings. The van der Waals surface area contributed by atoms with E-state index < -0.39 is 11.8 Å². The maximum absolute atomic E-state index is 13.6. The van der Waals surface area contributed by atoms with E-state index in [1.54, 1.807) is 36.4 Å². The maximum atomic E-state index is 13.6. The van der Waals surface area contributed by atoms with Gasteiger partial charge in [0.1, 0.15) is 12.4 Å². The SMILES string of the molecule is CCOc1cc(/C=C(/C#N)c2cccc(F)c2)cc(I)c1OCc1ccc(C(=O)O)cc1. The van der Waals surface area contributed by atoms with Gasteiger partial charge in [-0.3, -0.25) is 0 Å². The lowest BCUT2D eigenvalue weighted by atomic mass is 10.0. The van der Waals surface area contributed by atoms with Crippen LogP contribution >= 0.6 is 22.6 Å². The number of rotatable bonds is 8. The molecule has 0 bridgehead atoms. The highest BCUT2D eigenvalue weighted by atomic mass is 127. The molecule has 5 nitrogen and oxygen atoms in total. The van der Waals surface area contributed by atoms with E-state index in [-0.39, 0.29) is 12.2 Å². The van der Waals surface area contributed by atoms with Crippen molar-refractivity contribution < 1.29 is 23.8 Å². The van der Waals surface area contributed by atoms with Crippen LogP contribution in [0.15, 0.2) is 60.7 Å². The van der Waals surface area contributed by atoms with Crippen molar-refractivity contribution in [1.82, 2.24) is 0 Å². The molecule has 0 spiro atoms. The van der Waals surface area contributed by atoms with Gasteiger partial charge >= 0.3 is 5.97 Å². The summed E-state index contributed by atoms with van der Waals surface area (Å²) in [6, 6.07) is 18.1. The van der Waals surface area contributed by atoms with Crippen LogP contribution in [0.5, 0.6) is 11.5 Å². The first-order chi connectivity index (χ1) is 15.4. The van der Waals surface area contributed by atoms with Crippen LogP contribution in [0.3, 0.4) is 0 Å². The lowest BCUT2D eigenvalue weighted by Gasteiger charge is -2.15. The molecular formula is C25H19FINO4. The van der Waals surface area contributed by atoms with Gasteiger partial charge in [0.05, 0.1) is 27.4 Å². The van der Waals surface area contributed by atoms with Crippen LogP contribution in [-0.2, 0) is 6.61 Å². The van der Waals surface area contributed by atoms with Gasteiger partial charge in [0, 0.05) is 0 Å². The Morgan fingerprint density at radius 2 is 1.88 bits per heavy atom. The molecule has 0 aliphatic rings. The van der Waals surface area contributed by atoms with Gasteiger partial charge in [-0.05, 0) is 88.7 Å². The molecule has 7 heteroatoms. The normalized spacial score (nSPS) is 11.0. The highest BCUT2D eigenvalue weighted by Gasteiger charge is 2.13. The number of nitriles is 1. The molecule has 0 heterocycles. The number of ether oxygens (including phenoxy) is 2. The first-order valence-electron chi connectivity index (χ1n) is 9.70. The largest absolute Gasteiger partial charge is 0.490 e. The van der Waals surface area contributed by atoms with E-state index in [1.165, 1.54) is 24.3 Å². The molecule has 0 aliphatic heterocycles. The summed E-state index contributed by atoms with van der Waals surface area (Å²) in [6.07, 6.45) is 1.67. The van der Waals surface area contributed by atoms with Crippen LogP contribution in [0.4, 0.5) is 4.39 Å². The Balaban J connectivity index is 1.88. The monoisotopic (exact) mass is 543 g/mol. The number of aromatic carboxylic acids is 1.